The second-order valence-electron chi connectivity index (χ2n) is 3.78. The van der Waals surface area contributed by atoms with Gasteiger partial charge in [0, 0.05) is 5.57 Å². The summed E-state index contributed by atoms with van der Waals surface area (Å²) >= 11 is 0. The Morgan fingerprint density at radius 3 is 2.80 bits per heavy atom. The van der Waals surface area contributed by atoms with E-state index < -0.39 is 11.8 Å². The van der Waals surface area contributed by atoms with Crippen LogP contribution in [0.5, 0.6) is 0 Å². The van der Waals surface area contributed by atoms with Crippen LogP contribution in [0.4, 0.5) is 0 Å². The highest BCUT2D eigenvalue weighted by molar-refractivity contribution is 5.39. The Hall–Kier alpha value is -1.20. The van der Waals surface area contributed by atoms with Gasteiger partial charge in [0.05, 0.1) is 7.11 Å². The lowest BCUT2D eigenvalue weighted by atomic mass is 9.99. The van der Waals surface area contributed by atoms with Gasteiger partial charge in [-0.2, -0.15) is 4.91 Å². The van der Waals surface area contributed by atoms with Crippen LogP contribution in [0, 0.1) is 4.91 Å². The van der Waals surface area contributed by atoms with Crippen molar-refractivity contribution in [1.82, 2.24) is 0 Å². The average molecular weight is 212 g/mol. The molecule has 84 valence electrons. The van der Waals surface area contributed by atoms with Crippen molar-refractivity contribution >= 4 is 0 Å². The van der Waals surface area contributed by atoms with E-state index in [0.29, 0.717) is 11.3 Å². The van der Waals surface area contributed by atoms with Crippen LogP contribution in [0.15, 0.2) is 28.7 Å². The molecule has 0 saturated heterocycles. The molecule has 0 aromatic carbocycles. The maximum atomic E-state index is 10.3. The highest BCUT2D eigenvalue weighted by Gasteiger charge is 2.44. The zero-order valence-electron chi connectivity index (χ0n) is 9.24. The molecule has 0 amide bonds. The number of nitroso groups, excluding NO2 is 1. The summed E-state index contributed by atoms with van der Waals surface area (Å²) in [7, 11) is 1.52. The first-order valence-corrected chi connectivity index (χ1v) is 4.63. The second-order valence-corrected chi connectivity index (χ2v) is 3.78. The topological polar surface area (TPSA) is 73.9 Å². The Labute approximate surface area is 88.9 Å². The van der Waals surface area contributed by atoms with E-state index in [1.54, 1.807) is 6.92 Å². The number of ether oxygens (including phenoxy) is 2. The number of hydrogen-bond acceptors (Lipinski definition) is 5. The molecule has 0 spiro atoms. The normalized spacial score (nSPS) is 30.5. The lowest BCUT2D eigenvalue weighted by Gasteiger charge is -2.23. The van der Waals surface area contributed by atoms with E-state index in [1.165, 1.54) is 7.11 Å². The third-order valence-electron chi connectivity index (χ3n) is 2.43. The molecule has 2 atom stereocenters. The largest absolute Gasteiger partial charge is 0.497 e. The maximum absolute atomic E-state index is 10.3. The zero-order chi connectivity index (χ0) is 11.6. The summed E-state index contributed by atoms with van der Waals surface area (Å²) in [5.74, 6) is 0.544. The third-order valence-corrected chi connectivity index (χ3v) is 2.43. The molecule has 1 aliphatic heterocycles. The molecule has 2 unspecified atom stereocenters. The van der Waals surface area contributed by atoms with Gasteiger partial charge in [-0.05, 0) is 19.4 Å². The van der Waals surface area contributed by atoms with Gasteiger partial charge in [0.1, 0.15) is 24.1 Å². The minimum atomic E-state index is -0.871. The molecular weight excluding hydrogens is 196 g/mol. The zero-order valence-corrected chi connectivity index (χ0v) is 9.24. The van der Waals surface area contributed by atoms with Crippen molar-refractivity contribution < 1.29 is 9.47 Å². The highest BCUT2D eigenvalue weighted by Crippen LogP contribution is 2.37. The predicted octanol–water partition coefficient (Wildman–Crippen LogP) is 1.30. The van der Waals surface area contributed by atoms with Gasteiger partial charge >= 0.3 is 0 Å². The van der Waals surface area contributed by atoms with Crippen LogP contribution in [0.25, 0.3) is 0 Å². The molecule has 0 aliphatic carbocycles. The number of nitrogens with zero attached hydrogens (tertiary/aromatic N) is 1. The summed E-state index contributed by atoms with van der Waals surface area (Å²) in [4.78, 5) is 10.3. The monoisotopic (exact) mass is 212 g/mol. The molecule has 0 aromatic rings. The van der Waals surface area contributed by atoms with Gasteiger partial charge in [-0.3, -0.25) is 0 Å². The number of methoxy groups -OCH3 is 1. The molecule has 15 heavy (non-hydrogen) atoms. The first-order chi connectivity index (χ1) is 6.96. The van der Waals surface area contributed by atoms with Gasteiger partial charge in [0.2, 0.25) is 0 Å². The molecule has 1 rings (SSSR count). The Kier molecular flexibility index (Phi) is 3.26. The fraction of sp³-hybridized carbons (Fsp3) is 0.600. The summed E-state index contributed by atoms with van der Waals surface area (Å²) in [6.07, 6.45) is -0.607. The van der Waals surface area contributed by atoms with E-state index in [2.05, 4.69) is 11.8 Å². The van der Waals surface area contributed by atoms with Crippen molar-refractivity contribution in [3.63, 3.8) is 0 Å². The molecule has 5 heteroatoms. The van der Waals surface area contributed by atoms with Crippen LogP contribution in [-0.2, 0) is 9.47 Å². The highest BCUT2D eigenvalue weighted by atomic mass is 16.6. The van der Waals surface area contributed by atoms with Crippen molar-refractivity contribution in [3.05, 3.63) is 28.4 Å². The van der Waals surface area contributed by atoms with Crippen molar-refractivity contribution in [3.8, 4) is 0 Å². The standard InChI is InChI=1S/C10H16N2O3/c1-6(2)7-8(14-4)10(3,5-12-13)15-9(7)11/h9H,1,5,11H2,2-4H3. The molecular formula is C10H16N2O3. The Balaban J connectivity index is 3.17. The summed E-state index contributed by atoms with van der Waals surface area (Å²) in [6.45, 7) is 7.32. The van der Waals surface area contributed by atoms with Gasteiger partial charge in [-0.1, -0.05) is 11.8 Å². The Morgan fingerprint density at radius 2 is 2.40 bits per heavy atom. The van der Waals surface area contributed by atoms with Crippen LogP contribution >= 0.6 is 0 Å². The fourth-order valence-corrected chi connectivity index (χ4v) is 1.80. The van der Waals surface area contributed by atoms with Crippen molar-refractivity contribution in [1.29, 1.82) is 0 Å². The quantitative estimate of drug-likeness (QED) is 0.713. The molecule has 5 nitrogen and oxygen atoms in total. The van der Waals surface area contributed by atoms with E-state index in [1.807, 2.05) is 6.92 Å². The second kappa shape index (κ2) is 4.12. The first-order valence-electron chi connectivity index (χ1n) is 4.63. The van der Waals surface area contributed by atoms with Gasteiger partial charge in [-0.25, -0.2) is 0 Å². The van der Waals surface area contributed by atoms with Crippen molar-refractivity contribution in [2.75, 3.05) is 13.7 Å². The number of nitrogens with two attached hydrogens (primary N) is 1. The third kappa shape index (κ3) is 1.93. The summed E-state index contributed by atoms with van der Waals surface area (Å²) in [6, 6.07) is 0. The summed E-state index contributed by atoms with van der Waals surface area (Å²) in [5, 5.41) is 2.84. The summed E-state index contributed by atoms with van der Waals surface area (Å²) in [5.41, 5.74) is 6.40. The maximum Gasteiger partial charge on any atom is 0.148 e. The Morgan fingerprint density at radius 1 is 1.80 bits per heavy atom. The molecule has 1 heterocycles. The van der Waals surface area contributed by atoms with Crippen LogP contribution in [0.3, 0.4) is 0 Å². The van der Waals surface area contributed by atoms with Crippen molar-refractivity contribution in [2.24, 2.45) is 10.9 Å². The van der Waals surface area contributed by atoms with Gasteiger partial charge in [0.25, 0.3) is 0 Å². The van der Waals surface area contributed by atoms with E-state index in [4.69, 9.17) is 15.2 Å². The SMILES string of the molecule is C=C(C)C1=C(OC)C(C)(CN=O)OC1N. The number of hydrogen-bond donors (Lipinski definition) is 1. The molecule has 0 bridgehead atoms. The van der Waals surface area contributed by atoms with E-state index in [0.717, 1.165) is 5.57 Å². The molecule has 0 saturated carbocycles. The van der Waals surface area contributed by atoms with Crippen LogP contribution in [-0.4, -0.2) is 25.5 Å². The minimum absolute atomic E-state index is 0.0271. The molecule has 1 aliphatic rings. The predicted molar refractivity (Wildman–Crippen MR) is 57.0 cm³/mol. The summed E-state index contributed by atoms with van der Waals surface area (Å²) < 4.78 is 10.7. The Bertz CT molecular complexity index is 325. The average Bonchev–Trinajstić information content (AvgIpc) is 2.36. The molecule has 0 aromatic heterocycles. The van der Waals surface area contributed by atoms with Gasteiger partial charge < -0.3 is 15.2 Å². The first kappa shape index (κ1) is 11.9. The van der Waals surface area contributed by atoms with Crippen LogP contribution in [0.2, 0.25) is 0 Å². The van der Waals surface area contributed by atoms with Crippen molar-refractivity contribution in [2.45, 2.75) is 25.7 Å². The molecule has 0 fully saturated rings. The van der Waals surface area contributed by atoms with E-state index >= 15 is 0 Å². The van der Waals surface area contributed by atoms with E-state index in [9.17, 15) is 4.91 Å². The molecule has 2 N–H and O–H groups in total. The number of rotatable bonds is 4. The lowest BCUT2D eigenvalue weighted by Crippen LogP contribution is -2.35. The van der Waals surface area contributed by atoms with Gasteiger partial charge in [0.15, 0.2) is 0 Å². The minimum Gasteiger partial charge on any atom is -0.497 e. The lowest BCUT2D eigenvalue weighted by molar-refractivity contribution is -0.0314. The van der Waals surface area contributed by atoms with E-state index in [-0.39, 0.29) is 6.54 Å². The van der Waals surface area contributed by atoms with Gasteiger partial charge in [-0.15, -0.1) is 0 Å². The smallest absolute Gasteiger partial charge is 0.148 e. The van der Waals surface area contributed by atoms with Crippen LogP contribution in [0.1, 0.15) is 13.8 Å². The molecule has 0 radical (unpaired) electrons. The fourth-order valence-electron chi connectivity index (χ4n) is 1.80. The van der Waals surface area contributed by atoms with Crippen LogP contribution < -0.4 is 5.73 Å².